The van der Waals surface area contributed by atoms with Crippen molar-refractivity contribution in [3.05, 3.63) is 33.9 Å². The molecule has 0 amide bonds. The molecule has 5 heteroatoms. The van der Waals surface area contributed by atoms with E-state index in [4.69, 9.17) is 28.3 Å². The van der Waals surface area contributed by atoms with Crippen molar-refractivity contribution in [1.82, 2.24) is 4.98 Å². The van der Waals surface area contributed by atoms with Gasteiger partial charge >= 0.3 is 5.97 Å². The maximum Gasteiger partial charge on any atom is 0.309 e. The van der Waals surface area contributed by atoms with Gasteiger partial charge in [0.15, 0.2) is 0 Å². The van der Waals surface area contributed by atoms with E-state index >= 15 is 0 Å². The summed E-state index contributed by atoms with van der Waals surface area (Å²) in [5.74, 6) is -0.885. The van der Waals surface area contributed by atoms with Crippen molar-refractivity contribution in [1.29, 1.82) is 0 Å². The van der Waals surface area contributed by atoms with Crippen LogP contribution in [-0.2, 0) is 11.2 Å². The largest absolute Gasteiger partial charge is 0.481 e. The van der Waals surface area contributed by atoms with Gasteiger partial charge in [-0.05, 0) is 18.2 Å². The number of H-pyrrole nitrogens is 1. The van der Waals surface area contributed by atoms with E-state index in [1.54, 1.807) is 18.2 Å². The smallest absolute Gasteiger partial charge is 0.309 e. The zero-order valence-electron chi connectivity index (χ0n) is 7.55. The molecule has 1 aromatic heterocycles. The number of aliphatic carboxylic acids is 1. The van der Waals surface area contributed by atoms with E-state index in [2.05, 4.69) is 4.98 Å². The van der Waals surface area contributed by atoms with Gasteiger partial charge in [-0.1, -0.05) is 23.2 Å². The lowest BCUT2D eigenvalue weighted by Gasteiger charge is -1.94. The average molecular weight is 244 g/mol. The number of nitrogens with one attached hydrogen (secondary N) is 1. The first kappa shape index (κ1) is 10.3. The van der Waals surface area contributed by atoms with Crippen LogP contribution in [-0.4, -0.2) is 16.1 Å². The third-order valence-corrected chi connectivity index (χ3v) is 2.56. The van der Waals surface area contributed by atoms with Gasteiger partial charge < -0.3 is 10.1 Å². The Balaban J connectivity index is 2.55. The predicted octanol–water partition coefficient (Wildman–Crippen LogP) is 3.10. The van der Waals surface area contributed by atoms with Gasteiger partial charge in [0, 0.05) is 16.1 Å². The highest BCUT2D eigenvalue weighted by atomic mass is 35.5. The van der Waals surface area contributed by atoms with Gasteiger partial charge in [0.25, 0.3) is 0 Å². The number of carboxylic acids is 1. The van der Waals surface area contributed by atoms with Crippen LogP contribution < -0.4 is 0 Å². The van der Waals surface area contributed by atoms with E-state index in [9.17, 15) is 4.79 Å². The van der Waals surface area contributed by atoms with Gasteiger partial charge in [-0.3, -0.25) is 4.79 Å². The van der Waals surface area contributed by atoms with Gasteiger partial charge in [0.1, 0.15) is 0 Å². The van der Waals surface area contributed by atoms with Crippen molar-refractivity contribution in [2.24, 2.45) is 0 Å². The first-order valence-electron chi connectivity index (χ1n) is 4.24. The highest BCUT2D eigenvalue weighted by Crippen LogP contribution is 2.28. The van der Waals surface area contributed by atoms with Crippen molar-refractivity contribution in [2.75, 3.05) is 0 Å². The number of fused-ring (bicyclic) bond motifs is 1. The quantitative estimate of drug-likeness (QED) is 0.852. The minimum atomic E-state index is -0.885. The molecule has 0 aliphatic rings. The Morgan fingerprint density at radius 3 is 2.73 bits per heavy atom. The number of hydrogen-bond acceptors (Lipinski definition) is 1. The second-order valence-electron chi connectivity index (χ2n) is 3.22. The molecule has 0 saturated carbocycles. The fraction of sp³-hybridized carbons (Fsp3) is 0.100. The first-order chi connectivity index (χ1) is 7.06. The Morgan fingerprint density at radius 1 is 1.33 bits per heavy atom. The molecular formula is C10H7Cl2NO2. The summed E-state index contributed by atoms with van der Waals surface area (Å²) in [6, 6.07) is 5.10. The lowest BCUT2D eigenvalue weighted by Crippen LogP contribution is -1.99. The Bertz CT molecular complexity index is 533. The molecule has 0 atom stereocenters. The number of rotatable bonds is 2. The Morgan fingerprint density at radius 2 is 2.07 bits per heavy atom. The minimum absolute atomic E-state index is 0.0529. The molecule has 0 fully saturated rings. The fourth-order valence-corrected chi connectivity index (χ4v) is 2.04. The second-order valence-corrected chi connectivity index (χ2v) is 4.06. The Labute approximate surface area is 95.6 Å². The molecule has 0 unspecified atom stereocenters. The maximum absolute atomic E-state index is 10.5. The van der Waals surface area contributed by atoms with Crippen LogP contribution in [0.3, 0.4) is 0 Å². The molecule has 2 aromatic rings. The molecular weight excluding hydrogens is 237 g/mol. The summed E-state index contributed by atoms with van der Waals surface area (Å²) in [6.07, 6.45) is -0.0529. The molecule has 1 heterocycles. The Hall–Kier alpha value is -1.19. The third kappa shape index (κ3) is 2.08. The monoisotopic (exact) mass is 243 g/mol. The van der Waals surface area contributed by atoms with E-state index in [-0.39, 0.29) is 6.42 Å². The normalized spacial score (nSPS) is 10.8. The molecule has 15 heavy (non-hydrogen) atoms. The molecule has 3 nitrogen and oxygen atoms in total. The molecule has 0 aliphatic carbocycles. The number of aromatic amines is 1. The van der Waals surface area contributed by atoms with Crippen molar-refractivity contribution in [3.8, 4) is 0 Å². The molecule has 0 saturated heterocycles. The first-order valence-corrected chi connectivity index (χ1v) is 5.00. The molecule has 0 spiro atoms. The van der Waals surface area contributed by atoms with E-state index in [0.717, 1.165) is 10.9 Å². The molecule has 1 aromatic carbocycles. The topological polar surface area (TPSA) is 53.1 Å². The number of aromatic nitrogens is 1. The van der Waals surface area contributed by atoms with Crippen molar-refractivity contribution in [3.63, 3.8) is 0 Å². The standard InChI is InChI=1S/C10H7Cl2NO2/c11-6-1-5-2-7(4-9(14)15)13-10(5)8(12)3-6/h1-3,13H,4H2,(H,14,15). The van der Waals surface area contributed by atoms with Crippen LogP contribution >= 0.6 is 23.2 Å². The summed E-state index contributed by atoms with van der Waals surface area (Å²) in [7, 11) is 0. The van der Waals surface area contributed by atoms with E-state index in [1.165, 1.54) is 0 Å². The maximum atomic E-state index is 10.5. The number of halogens is 2. The molecule has 78 valence electrons. The van der Waals surface area contributed by atoms with Crippen LogP contribution in [0.4, 0.5) is 0 Å². The van der Waals surface area contributed by atoms with E-state index in [0.29, 0.717) is 15.7 Å². The molecule has 0 radical (unpaired) electrons. The highest BCUT2D eigenvalue weighted by molar-refractivity contribution is 6.38. The lowest BCUT2D eigenvalue weighted by molar-refractivity contribution is -0.136. The van der Waals surface area contributed by atoms with Crippen LogP contribution in [0.2, 0.25) is 10.0 Å². The SMILES string of the molecule is O=C(O)Cc1cc2cc(Cl)cc(Cl)c2[nH]1. The van der Waals surface area contributed by atoms with E-state index in [1.807, 2.05) is 0 Å². The summed E-state index contributed by atoms with van der Waals surface area (Å²) in [5, 5.41) is 10.5. The van der Waals surface area contributed by atoms with Crippen molar-refractivity contribution >= 4 is 40.1 Å². The molecule has 0 aliphatic heterocycles. The third-order valence-electron chi connectivity index (χ3n) is 2.04. The summed E-state index contributed by atoms with van der Waals surface area (Å²) in [5.41, 5.74) is 1.33. The predicted molar refractivity (Wildman–Crippen MR) is 59.7 cm³/mol. The number of carbonyl (C=O) groups is 1. The lowest BCUT2D eigenvalue weighted by atomic mass is 10.2. The van der Waals surface area contributed by atoms with Crippen molar-refractivity contribution in [2.45, 2.75) is 6.42 Å². The van der Waals surface area contributed by atoms with Crippen LogP contribution in [0.1, 0.15) is 5.69 Å². The van der Waals surface area contributed by atoms with Crippen molar-refractivity contribution < 1.29 is 9.90 Å². The van der Waals surface area contributed by atoms with Gasteiger partial charge in [-0.15, -0.1) is 0 Å². The van der Waals surface area contributed by atoms with Crippen LogP contribution in [0.15, 0.2) is 18.2 Å². The van der Waals surface area contributed by atoms with E-state index < -0.39 is 5.97 Å². The Kier molecular flexibility index (Phi) is 2.59. The van der Waals surface area contributed by atoms with Crippen LogP contribution in [0, 0.1) is 0 Å². The number of benzene rings is 1. The molecule has 2 rings (SSSR count). The fourth-order valence-electron chi connectivity index (χ4n) is 1.48. The van der Waals surface area contributed by atoms with Gasteiger partial charge in [0.2, 0.25) is 0 Å². The number of carboxylic acid groups (broad SMARTS) is 1. The zero-order chi connectivity index (χ0) is 11.0. The van der Waals surface area contributed by atoms with Crippen LogP contribution in [0.25, 0.3) is 10.9 Å². The molecule has 2 N–H and O–H groups in total. The van der Waals surface area contributed by atoms with Gasteiger partial charge in [-0.2, -0.15) is 0 Å². The molecule has 0 bridgehead atoms. The second kappa shape index (κ2) is 3.76. The summed E-state index contributed by atoms with van der Waals surface area (Å²) < 4.78 is 0. The van der Waals surface area contributed by atoms with Gasteiger partial charge in [-0.25, -0.2) is 0 Å². The summed E-state index contributed by atoms with van der Waals surface area (Å²) in [6.45, 7) is 0. The zero-order valence-corrected chi connectivity index (χ0v) is 9.06. The number of hydrogen-bond donors (Lipinski definition) is 2. The van der Waals surface area contributed by atoms with Gasteiger partial charge in [0.05, 0.1) is 17.0 Å². The van der Waals surface area contributed by atoms with Crippen LogP contribution in [0.5, 0.6) is 0 Å². The highest BCUT2D eigenvalue weighted by Gasteiger charge is 2.08. The summed E-state index contributed by atoms with van der Waals surface area (Å²) in [4.78, 5) is 13.5. The minimum Gasteiger partial charge on any atom is -0.481 e. The average Bonchev–Trinajstić information content (AvgIpc) is 2.45. The summed E-state index contributed by atoms with van der Waals surface area (Å²) >= 11 is 11.8.